The van der Waals surface area contributed by atoms with Gasteiger partial charge in [-0.05, 0) is 11.6 Å². The number of ether oxygens (including phenoxy) is 1. The van der Waals surface area contributed by atoms with Gasteiger partial charge in [0.25, 0.3) is 0 Å². The molecule has 1 fully saturated rings. The van der Waals surface area contributed by atoms with Gasteiger partial charge in [0.1, 0.15) is 5.82 Å². The van der Waals surface area contributed by atoms with E-state index in [1.54, 1.807) is 0 Å². The summed E-state index contributed by atoms with van der Waals surface area (Å²) in [5.74, 6) is 1.95. The summed E-state index contributed by atoms with van der Waals surface area (Å²) in [6.45, 7) is 1.82. The number of nitrogens with zero attached hydrogens (tertiary/aromatic N) is 1. The fourth-order valence-electron chi connectivity index (χ4n) is 1.18. The standard InChI is InChI=1S/C10H14N2OS/c1-11-10-3-2-8(4-12-10)7-14-9-5-13-6-9/h2-4,9H,5-7H2,1H3,(H,11,12). The van der Waals surface area contributed by atoms with Crippen LogP contribution in [0.25, 0.3) is 0 Å². The molecule has 0 aliphatic carbocycles. The van der Waals surface area contributed by atoms with Crippen molar-refractivity contribution in [1.82, 2.24) is 4.98 Å². The van der Waals surface area contributed by atoms with Gasteiger partial charge in [-0.15, -0.1) is 11.8 Å². The zero-order valence-electron chi connectivity index (χ0n) is 8.19. The summed E-state index contributed by atoms with van der Waals surface area (Å²) in [6, 6.07) is 4.12. The highest BCUT2D eigenvalue weighted by Gasteiger charge is 2.18. The quantitative estimate of drug-likeness (QED) is 0.821. The lowest BCUT2D eigenvalue weighted by atomic mass is 10.3. The van der Waals surface area contributed by atoms with E-state index in [9.17, 15) is 0 Å². The fourth-order valence-corrected chi connectivity index (χ4v) is 2.17. The van der Waals surface area contributed by atoms with Gasteiger partial charge in [0.15, 0.2) is 0 Å². The minimum absolute atomic E-state index is 0.693. The molecule has 1 saturated heterocycles. The van der Waals surface area contributed by atoms with Gasteiger partial charge in [-0.25, -0.2) is 4.98 Å². The molecule has 0 radical (unpaired) electrons. The molecule has 0 spiro atoms. The number of nitrogens with one attached hydrogen (secondary N) is 1. The Morgan fingerprint density at radius 3 is 2.93 bits per heavy atom. The molecule has 3 nitrogen and oxygen atoms in total. The second-order valence-electron chi connectivity index (χ2n) is 3.27. The number of hydrogen-bond acceptors (Lipinski definition) is 4. The number of aromatic nitrogens is 1. The lowest BCUT2D eigenvalue weighted by Crippen LogP contribution is -2.30. The Morgan fingerprint density at radius 2 is 2.43 bits per heavy atom. The molecule has 0 aromatic carbocycles. The zero-order chi connectivity index (χ0) is 9.80. The lowest BCUT2D eigenvalue weighted by Gasteiger charge is -2.25. The van der Waals surface area contributed by atoms with Crippen LogP contribution in [0.3, 0.4) is 0 Å². The van der Waals surface area contributed by atoms with Crippen LogP contribution in [0.2, 0.25) is 0 Å². The molecule has 0 unspecified atom stereocenters. The molecule has 76 valence electrons. The number of rotatable bonds is 4. The number of hydrogen-bond donors (Lipinski definition) is 1. The minimum atomic E-state index is 0.693. The molecule has 1 aliphatic heterocycles. The Morgan fingerprint density at radius 1 is 1.57 bits per heavy atom. The summed E-state index contributed by atoms with van der Waals surface area (Å²) < 4.78 is 5.11. The van der Waals surface area contributed by atoms with Crippen LogP contribution in [0.15, 0.2) is 18.3 Å². The van der Waals surface area contributed by atoms with E-state index < -0.39 is 0 Å². The first-order valence-corrected chi connectivity index (χ1v) is 5.75. The van der Waals surface area contributed by atoms with Crippen molar-refractivity contribution in [1.29, 1.82) is 0 Å². The Bertz CT molecular complexity index is 285. The van der Waals surface area contributed by atoms with Crippen LogP contribution in [0, 0.1) is 0 Å². The smallest absolute Gasteiger partial charge is 0.125 e. The van der Waals surface area contributed by atoms with E-state index >= 15 is 0 Å². The third-order valence-corrected chi connectivity index (χ3v) is 3.42. The third-order valence-electron chi connectivity index (χ3n) is 2.17. The van der Waals surface area contributed by atoms with Gasteiger partial charge in [0.05, 0.1) is 18.5 Å². The second kappa shape index (κ2) is 4.66. The van der Waals surface area contributed by atoms with Gasteiger partial charge in [-0.3, -0.25) is 0 Å². The van der Waals surface area contributed by atoms with Crippen LogP contribution < -0.4 is 5.32 Å². The molecule has 1 aliphatic rings. The summed E-state index contributed by atoms with van der Waals surface area (Å²) in [5.41, 5.74) is 1.28. The first-order valence-electron chi connectivity index (χ1n) is 4.70. The molecule has 1 aromatic heterocycles. The molecule has 0 amide bonds. The molecular formula is C10H14N2OS. The Kier molecular flexibility index (Phi) is 3.26. The van der Waals surface area contributed by atoms with Crippen LogP contribution in [-0.2, 0) is 10.5 Å². The highest BCUT2D eigenvalue weighted by molar-refractivity contribution is 7.99. The SMILES string of the molecule is CNc1ccc(CSC2COC2)cn1. The average Bonchev–Trinajstić information content (AvgIpc) is 2.16. The summed E-state index contributed by atoms with van der Waals surface area (Å²) in [7, 11) is 1.88. The summed E-state index contributed by atoms with van der Waals surface area (Å²) in [5, 5.41) is 3.70. The molecule has 0 atom stereocenters. The van der Waals surface area contributed by atoms with E-state index in [1.807, 2.05) is 31.1 Å². The highest BCUT2D eigenvalue weighted by Crippen LogP contribution is 2.23. The first kappa shape index (κ1) is 9.80. The van der Waals surface area contributed by atoms with Gasteiger partial charge < -0.3 is 10.1 Å². The largest absolute Gasteiger partial charge is 0.379 e. The van der Waals surface area contributed by atoms with Crippen LogP contribution >= 0.6 is 11.8 Å². The summed E-state index contributed by atoms with van der Waals surface area (Å²) in [6.07, 6.45) is 1.93. The highest BCUT2D eigenvalue weighted by atomic mass is 32.2. The normalized spacial score (nSPS) is 16.4. The molecule has 0 saturated carbocycles. The van der Waals surface area contributed by atoms with E-state index in [-0.39, 0.29) is 0 Å². The van der Waals surface area contributed by atoms with Gasteiger partial charge in [0, 0.05) is 19.0 Å². The van der Waals surface area contributed by atoms with Gasteiger partial charge in [-0.1, -0.05) is 6.07 Å². The summed E-state index contributed by atoms with van der Waals surface area (Å²) >= 11 is 1.94. The Hall–Kier alpha value is -0.740. The van der Waals surface area contributed by atoms with Crippen molar-refractivity contribution < 1.29 is 4.74 Å². The van der Waals surface area contributed by atoms with Gasteiger partial charge in [0.2, 0.25) is 0 Å². The van der Waals surface area contributed by atoms with Crippen molar-refractivity contribution in [2.24, 2.45) is 0 Å². The predicted molar refractivity (Wildman–Crippen MR) is 59.7 cm³/mol. The minimum Gasteiger partial charge on any atom is -0.379 e. The van der Waals surface area contributed by atoms with Crippen molar-refractivity contribution in [3.63, 3.8) is 0 Å². The van der Waals surface area contributed by atoms with E-state index in [0.717, 1.165) is 24.8 Å². The van der Waals surface area contributed by atoms with E-state index in [1.165, 1.54) is 5.56 Å². The fraction of sp³-hybridized carbons (Fsp3) is 0.500. The average molecular weight is 210 g/mol. The van der Waals surface area contributed by atoms with E-state index in [2.05, 4.69) is 16.4 Å². The van der Waals surface area contributed by atoms with E-state index in [4.69, 9.17) is 4.74 Å². The van der Waals surface area contributed by atoms with Crippen molar-refractivity contribution in [2.75, 3.05) is 25.6 Å². The molecule has 2 rings (SSSR count). The van der Waals surface area contributed by atoms with Gasteiger partial charge >= 0.3 is 0 Å². The lowest BCUT2D eigenvalue weighted by molar-refractivity contribution is 0.0455. The number of thioether (sulfide) groups is 1. The Balaban J connectivity index is 1.83. The molecule has 1 aromatic rings. The van der Waals surface area contributed by atoms with Crippen LogP contribution in [0.5, 0.6) is 0 Å². The maximum atomic E-state index is 5.11. The third kappa shape index (κ3) is 2.39. The van der Waals surface area contributed by atoms with Crippen LogP contribution in [-0.4, -0.2) is 30.5 Å². The zero-order valence-corrected chi connectivity index (χ0v) is 9.01. The van der Waals surface area contributed by atoms with Crippen molar-refractivity contribution in [2.45, 2.75) is 11.0 Å². The van der Waals surface area contributed by atoms with Crippen molar-refractivity contribution >= 4 is 17.6 Å². The molecule has 1 N–H and O–H groups in total. The van der Waals surface area contributed by atoms with E-state index in [0.29, 0.717) is 5.25 Å². The van der Waals surface area contributed by atoms with Crippen LogP contribution in [0.1, 0.15) is 5.56 Å². The molecule has 2 heterocycles. The first-order chi connectivity index (χ1) is 6.88. The predicted octanol–water partition coefficient (Wildman–Crippen LogP) is 1.76. The number of anilines is 1. The molecule has 4 heteroatoms. The van der Waals surface area contributed by atoms with Crippen LogP contribution in [0.4, 0.5) is 5.82 Å². The van der Waals surface area contributed by atoms with Crippen molar-refractivity contribution in [3.05, 3.63) is 23.9 Å². The second-order valence-corrected chi connectivity index (χ2v) is 4.56. The number of pyridine rings is 1. The molecule has 0 bridgehead atoms. The maximum absolute atomic E-state index is 5.11. The van der Waals surface area contributed by atoms with Crippen molar-refractivity contribution in [3.8, 4) is 0 Å². The topological polar surface area (TPSA) is 34.1 Å². The van der Waals surface area contributed by atoms with Gasteiger partial charge in [-0.2, -0.15) is 0 Å². The monoisotopic (exact) mass is 210 g/mol. The Labute approximate surface area is 88.3 Å². The molecule has 14 heavy (non-hydrogen) atoms. The maximum Gasteiger partial charge on any atom is 0.125 e. The summed E-state index contributed by atoms with van der Waals surface area (Å²) in [4.78, 5) is 4.26. The molecular weight excluding hydrogens is 196 g/mol.